The van der Waals surface area contributed by atoms with Crippen LogP contribution in [-0.2, 0) is 4.79 Å². The molecule has 1 N–H and O–H groups in total. The van der Waals surface area contributed by atoms with Crippen molar-refractivity contribution >= 4 is 40.9 Å². The first-order valence-electron chi connectivity index (χ1n) is 5.17. The standard InChI is InChI=1S/C12H11ClN2O2S/c1-15-11(16)9(14-12(15)18)6-7-3-4-10(17-2)8(13)5-7/h3-6H,1-2H3,(H,14,18). The molecule has 6 heteroatoms. The Kier molecular flexibility index (Phi) is 3.54. The van der Waals surface area contributed by atoms with Crippen LogP contribution >= 0.6 is 23.8 Å². The molecule has 1 heterocycles. The molecule has 94 valence electrons. The van der Waals surface area contributed by atoms with E-state index in [2.05, 4.69) is 5.32 Å². The summed E-state index contributed by atoms with van der Waals surface area (Å²) in [5.74, 6) is 0.434. The van der Waals surface area contributed by atoms with Crippen LogP contribution in [0.3, 0.4) is 0 Å². The number of hydrogen-bond acceptors (Lipinski definition) is 3. The number of methoxy groups -OCH3 is 1. The van der Waals surface area contributed by atoms with Gasteiger partial charge in [-0.1, -0.05) is 17.7 Å². The molecule has 0 saturated carbocycles. The second-order valence-electron chi connectivity index (χ2n) is 3.75. The van der Waals surface area contributed by atoms with Gasteiger partial charge < -0.3 is 10.1 Å². The van der Waals surface area contributed by atoms with Crippen molar-refractivity contribution in [3.05, 3.63) is 34.5 Å². The van der Waals surface area contributed by atoms with Gasteiger partial charge in [-0.2, -0.15) is 0 Å². The Balaban J connectivity index is 2.32. The highest BCUT2D eigenvalue weighted by molar-refractivity contribution is 7.80. The molecule has 0 spiro atoms. The van der Waals surface area contributed by atoms with Gasteiger partial charge in [-0.15, -0.1) is 0 Å². The lowest BCUT2D eigenvalue weighted by Crippen LogP contribution is -2.25. The zero-order valence-electron chi connectivity index (χ0n) is 9.86. The summed E-state index contributed by atoms with van der Waals surface area (Å²) in [5.41, 5.74) is 1.23. The minimum absolute atomic E-state index is 0.160. The third-order valence-corrected chi connectivity index (χ3v) is 3.24. The second kappa shape index (κ2) is 4.96. The number of carbonyl (C=O) groups excluding carboxylic acids is 1. The van der Waals surface area contributed by atoms with E-state index >= 15 is 0 Å². The van der Waals surface area contributed by atoms with E-state index in [-0.39, 0.29) is 5.91 Å². The maximum atomic E-state index is 11.8. The molecule has 4 nitrogen and oxygen atoms in total. The maximum absolute atomic E-state index is 11.8. The number of halogens is 1. The fourth-order valence-corrected chi connectivity index (χ4v) is 2.02. The Labute approximate surface area is 115 Å². The van der Waals surface area contributed by atoms with Crippen LogP contribution in [0.1, 0.15) is 5.56 Å². The van der Waals surface area contributed by atoms with E-state index in [1.54, 1.807) is 32.4 Å². The van der Waals surface area contributed by atoms with E-state index in [0.717, 1.165) is 5.56 Å². The Hall–Kier alpha value is -1.59. The number of likely N-dealkylation sites (N-methyl/N-ethyl adjacent to an activating group) is 1. The van der Waals surface area contributed by atoms with Crippen molar-refractivity contribution in [3.63, 3.8) is 0 Å². The molecule has 1 saturated heterocycles. The molecule has 1 aliphatic heterocycles. The second-order valence-corrected chi connectivity index (χ2v) is 4.54. The first-order chi connectivity index (χ1) is 8.52. The zero-order chi connectivity index (χ0) is 13.3. The minimum atomic E-state index is -0.160. The van der Waals surface area contributed by atoms with Crippen LogP contribution in [0.4, 0.5) is 0 Å². The lowest BCUT2D eigenvalue weighted by molar-refractivity contribution is -0.121. The highest BCUT2D eigenvalue weighted by Crippen LogP contribution is 2.26. The SMILES string of the molecule is COc1ccc(C=C2NC(=S)N(C)C2=O)cc1Cl. The van der Waals surface area contributed by atoms with Gasteiger partial charge in [0.1, 0.15) is 11.4 Å². The van der Waals surface area contributed by atoms with E-state index < -0.39 is 0 Å². The zero-order valence-corrected chi connectivity index (χ0v) is 11.4. The predicted molar refractivity (Wildman–Crippen MR) is 74.5 cm³/mol. The molecule has 0 aliphatic carbocycles. The summed E-state index contributed by atoms with van der Waals surface area (Å²) in [5, 5.41) is 3.73. The van der Waals surface area contributed by atoms with E-state index in [0.29, 0.717) is 21.6 Å². The molecular weight excluding hydrogens is 272 g/mol. The minimum Gasteiger partial charge on any atom is -0.495 e. The van der Waals surface area contributed by atoms with Gasteiger partial charge in [-0.25, -0.2) is 0 Å². The van der Waals surface area contributed by atoms with Crippen molar-refractivity contribution in [2.75, 3.05) is 14.2 Å². The third-order valence-electron chi connectivity index (χ3n) is 2.57. The van der Waals surface area contributed by atoms with Crippen LogP contribution in [-0.4, -0.2) is 30.1 Å². The number of amides is 1. The summed E-state index contributed by atoms with van der Waals surface area (Å²) >= 11 is 11.0. The van der Waals surface area contributed by atoms with Gasteiger partial charge in [0.25, 0.3) is 5.91 Å². The van der Waals surface area contributed by atoms with Gasteiger partial charge in [0.15, 0.2) is 5.11 Å². The molecule has 1 fully saturated rings. The number of benzene rings is 1. The number of hydrogen-bond donors (Lipinski definition) is 1. The molecule has 0 atom stereocenters. The van der Waals surface area contributed by atoms with Gasteiger partial charge in [0.05, 0.1) is 12.1 Å². The highest BCUT2D eigenvalue weighted by atomic mass is 35.5. The molecule has 0 unspecified atom stereocenters. The van der Waals surface area contributed by atoms with Crippen LogP contribution in [0.5, 0.6) is 5.75 Å². The van der Waals surface area contributed by atoms with Crippen molar-refractivity contribution in [3.8, 4) is 5.75 Å². The summed E-state index contributed by atoms with van der Waals surface area (Å²) in [6.07, 6.45) is 1.70. The summed E-state index contributed by atoms with van der Waals surface area (Å²) in [4.78, 5) is 13.2. The number of rotatable bonds is 2. The van der Waals surface area contributed by atoms with E-state index in [1.807, 2.05) is 6.07 Å². The molecule has 1 aromatic carbocycles. The normalized spacial score (nSPS) is 17.3. The number of ether oxygens (including phenoxy) is 1. The monoisotopic (exact) mass is 282 g/mol. The van der Waals surface area contributed by atoms with Gasteiger partial charge in [0.2, 0.25) is 0 Å². The van der Waals surface area contributed by atoms with Crippen LogP contribution in [0.2, 0.25) is 5.02 Å². The number of thiocarbonyl (C=S) groups is 1. The number of nitrogens with zero attached hydrogens (tertiary/aromatic N) is 1. The summed E-state index contributed by atoms with van der Waals surface area (Å²) in [6.45, 7) is 0. The molecule has 1 amide bonds. The Bertz CT molecular complexity index is 557. The largest absolute Gasteiger partial charge is 0.495 e. The summed E-state index contributed by atoms with van der Waals surface area (Å²) < 4.78 is 5.06. The molecule has 2 rings (SSSR count). The first kappa shape index (κ1) is 12.9. The van der Waals surface area contributed by atoms with Crippen LogP contribution in [0.25, 0.3) is 6.08 Å². The summed E-state index contributed by atoms with van der Waals surface area (Å²) in [7, 11) is 3.17. The summed E-state index contributed by atoms with van der Waals surface area (Å²) in [6, 6.07) is 5.29. The molecular formula is C12H11ClN2O2S. The Morgan fingerprint density at radius 3 is 2.72 bits per heavy atom. The molecule has 0 radical (unpaired) electrons. The van der Waals surface area contributed by atoms with Crippen molar-refractivity contribution in [1.29, 1.82) is 0 Å². The molecule has 1 aliphatic rings. The van der Waals surface area contributed by atoms with Crippen molar-refractivity contribution in [2.45, 2.75) is 0 Å². The fraction of sp³-hybridized carbons (Fsp3) is 0.167. The van der Waals surface area contributed by atoms with Gasteiger partial charge >= 0.3 is 0 Å². The quantitative estimate of drug-likeness (QED) is 0.666. The third kappa shape index (κ3) is 2.32. The smallest absolute Gasteiger partial charge is 0.276 e. The highest BCUT2D eigenvalue weighted by Gasteiger charge is 2.26. The molecule has 1 aromatic rings. The Morgan fingerprint density at radius 2 is 2.22 bits per heavy atom. The van der Waals surface area contributed by atoms with Crippen LogP contribution < -0.4 is 10.1 Å². The number of carbonyl (C=O) groups is 1. The van der Waals surface area contributed by atoms with Crippen molar-refractivity contribution in [1.82, 2.24) is 10.2 Å². The van der Waals surface area contributed by atoms with Crippen molar-refractivity contribution in [2.24, 2.45) is 0 Å². The molecule has 0 aromatic heterocycles. The lowest BCUT2D eigenvalue weighted by Gasteiger charge is -2.04. The average molecular weight is 283 g/mol. The Morgan fingerprint density at radius 1 is 1.50 bits per heavy atom. The topological polar surface area (TPSA) is 41.6 Å². The fourth-order valence-electron chi connectivity index (χ4n) is 1.56. The van der Waals surface area contributed by atoms with Crippen LogP contribution in [0.15, 0.2) is 23.9 Å². The number of nitrogens with one attached hydrogen (secondary N) is 1. The van der Waals surface area contributed by atoms with Gasteiger partial charge in [-0.3, -0.25) is 9.69 Å². The van der Waals surface area contributed by atoms with Gasteiger partial charge in [0, 0.05) is 7.05 Å². The van der Waals surface area contributed by atoms with E-state index in [1.165, 1.54) is 4.90 Å². The van der Waals surface area contributed by atoms with E-state index in [9.17, 15) is 4.79 Å². The maximum Gasteiger partial charge on any atom is 0.276 e. The van der Waals surface area contributed by atoms with Crippen molar-refractivity contribution < 1.29 is 9.53 Å². The predicted octanol–water partition coefficient (Wildman–Crippen LogP) is 2.04. The first-order valence-corrected chi connectivity index (χ1v) is 5.96. The molecule has 18 heavy (non-hydrogen) atoms. The average Bonchev–Trinajstić information content (AvgIpc) is 2.57. The van der Waals surface area contributed by atoms with Gasteiger partial charge in [-0.05, 0) is 36.0 Å². The van der Waals surface area contributed by atoms with E-state index in [4.69, 9.17) is 28.6 Å². The van der Waals surface area contributed by atoms with Crippen LogP contribution in [0, 0.1) is 0 Å². The lowest BCUT2D eigenvalue weighted by atomic mass is 10.2. The molecule has 0 bridgehead atoms.